The van der Waals surface area contributed by atoms with Crippen molar-refractivity contribution in [2.24, 2.45) is 0 Å². The van der Waals surface area contributed by atoms with Gasteiger partial charge < -0.3 is 0 Å². The predicted octanol–water partition coefficient (Wildman–Crippen LogP) is 5.41. The van der Waals surface area contributed by atoms with Gasteiger partial charge >= 0.3 is 0 Å². The molecule has 0 saturated carbocycles. The average Bonchev–Trinajstić information content (AvgIpc) is 3.08. The largest absolute Gasteiger partial charge is 0.267 e. The van der Waals surface area contributed by atoms with E-state index in [4.69, 9.17) is 12.2 Å². The topological polar surface area (TPSA) is 46.5 Å². The monoisotopic (exact) mass is 378 g/mol. The number of nitrogens with zero attached hydrogens (tertiary/aromatic N) is 3. The first-order chi connectivity index (χ1) is 13.1. The summed E-state index contributed by atoms with van der Waals surface area (Å²) >= 11 is 5.51. The summed E-state index contributed by atoms with van der Waals surface area (Å²) in [5.74, 6) is 0.255. The van der Waals surface area contributed by atoms with Gasteiger partial charge in [-0.1, -0.05) is 50.2 Å². The van der Waals surface area contributed by atoms with Crippen LogP contribution in [0.15, 0.2) is 48.5 Å². The number of aryl methyl sites for hydroxylation is 2. The van der Waals surface area contributed by atoms with Gasteiger partial charge in [0, 0.05) is 10.9 Å². The van der Waals surface area contributed by atoms with Crippen LogP contribution in [0.2, 0.25) is 0 Å². The Morgan fingerprint density at radius 3 is 2.56 bits per heavy atom. The molecule has 2 heterocycles. The first kappa shape index (κ1) is 17.5. The van der Waals surface area contributed by atoms with Gasteiger partial charge in [-0.15, -0.1) is 0 Å². The maximum Gasteiger partial charge on any atom is 0.200 e. The summed E-state index contributed by atoms with van der Waals surface area (Å²) < 4.78 is 16.8. The minimum atomic E-state index is -0.317. The Hall–Kier alpha value is -2.86. The van der Waals surface area contributed by atoms with Crippen LogP contribution in [-0.2, 0) is 12.8 Å². The summed E-state index contributed by atoms with van der Waals surface area (Å²) in [7, 11) is 0. The van der Waals surface area contributed by atoms with E-state index in [1.807, 2.05) is 48.7 Å². The number of benzene rings is 2. The van der Waals surface area contributed by atoms with Crippen LogP contribution >= 0.6 is 12.2 Å². The molecule has 0 saturated heterocycles. The summed E-state index contributed by atoms with van der Waals surface area (Å²) in [6.07, 6.45) is 1.23. The summed E-state index contributed by atoms with van der Waals surface area (Å²) in [4.78, 5) is 4.52. The standard InChI is InChI=1S/C21H19FN4S/c1-3-17-15(12-16(22)18(4-2)23-17)20-24-25-21(27)26(20)19-11-7-9-13-8-5-6-10-14(13)19/h5-12H,3-4H2,1-2H3,(H,25,27). The van der Waals surface area contributed by atoms with Crippen molar-refractivity contribution in [2.75, 3.05) is 0 Å². The van der Waals surface area contributed by atoms with Crippen molar-refractivity contribution in [3.8, 4) is 17.1 Å². The highest BCUT2D eigenvalue weighted by Gasteiger charge is 2.18. The van der Waals surface area contributed by atoms with Crippen molar-refractivity contribution in [1.82, 2.24) is 19.7 Å². The van der Waals surface area contributed by atoms with Crippen LogP contribution in [-0.4, -0.2) is 19.7 Å². The molecule has 0 amide bonds. The van der Waals surface area contributed by atoms with Crippen LogP contribution in [0, 0.1) is 10.6 Å². The van der Waals surface area contributed by atoms with Crippen LogP contribution in [0.25, 0.3) is 27.8 Å². The molecule has 27 heavy (non-hydrogen) atoms. The predicted molar refractivity (Wildman–Crippen MR) is 108 cm³/mol. The van der Waals surface area contributed by atoms with Gasteiger partial charge in [0.25, 0.3) is 0 Å². The molecule has 4 nitrogen and oxygen atoms in total. The summed E-state index contributed by atoms with van der Waals surface area (Å²) in [5.41, 5.74) is 2.85. The van der Waals surface area contributed by atoms with Gasteiger partial charge in [-0.05, 0) is 42.6 Å². The highest BCUT2D eigenvalue weighted by molar-refractivity contribution is 7.71. The zero-order chi connectivity index (χ0) is 19.0. The van der Waals surface area contributed by atoms with Gasteiger partial charge in [-0.2, -0.15) is 5.10 Å². The molecule has 0 aliphatic rings. The fourth-order valence-corrected chi connectivity index (χ4v) is 3.62. The number of rotatable bonds is 4. The highest BCUT2D eigenvalue weighted by Crippen LogP contribution is 2.29. The second-order valence-electron chi connectivity index (χ2n) is 6.30. The molecular weight excluding hydrogens is 359 g/mol. The molecule has 0 radical (unpaired) electrons. The van der Waals surface area contributed by atoms with Gasteiger partial charge in [0.1, 0.15) is 5.82 Å². The lowest BCUT2D eigenvalue weighted by atomic mass is 10.1. The molecular formula is C21H19FN4S. The van der Waals surface area contributed by atoms with E-state index in [-0.39, 0.29) is 5.82 Å². The fraction of sp³-hybridized carbons (Fsp3) is 0.190. The minimum Gasteiger partial charge on any atom is -0.267 e. The Morgan fingerprint density at radius 1 is 1.04 bits per heavy atom. The summed E-state index contributed by atoms with van der Waals surface area (Å²) in [6.45, 7) is 3.91. The third-order valence-corrected chi connectivity index (χ3v) is 4.99. The molecule has 0 aliphatic carbocycles. The van der Waals surface area contributed by atoms with Gasteiger partial charge in [-0.3, -0.25) is 14.6 Å². The second-order valence-corrected chi connectivity index (χ2v) is 6.69. The zero-order valence-corrected chi connectivity index (χ0v) is 16.0. The second kappa shape index (κ2) is 7.04. The number of H-pyrrole nitrogens is 1. The van der Waals surface area contributed by atoms with Crippen molar-refractivity contribution in [3.63, 3.8) is 0 Å². The number of pyridine rings is 1. The number of nitrogens with one attached hydrogen (secondary N) is 1. The van der Waals surface area contributed by atoms with Gasteiger partial charge in [0.2, 0.25) is 0 Å². The number of aromatic nitrogens is 4. The molecule has 0 spiro atoms. The molecule has 136 valence electrons. The Bertz CT molecular complexity index is 1190. The van der Waals surface area contributed by atoms with Crippen molar-refractivity contribution >= 4 is 23.0 Å². The van der Waals surface area contributed by atoms with E-state index < -0.39 is 0 Å². The molecule has 4 rings (SSSR count). The van der Waals surface area contributed by atoms with E-state index in [9.17, 15) is 4.39 Å². The minimum absolute atomic E-state index is 0.317. The number of halogens is 1. The first-order valence-corrected chi connectivity index (χ1v) is 9.39. The van der Waals surface area contributed by atoms with E-state index in [1.54, 1.807) is 0 Å². The van der Waals surface area contributed by atoms with Crippen molar-refractivity contribution in [3.05, 3.63) is 70.5 Å². The quantitative estimate of drug-likeness (QED) is 0.483. The molecule has 2 aromatic heterocycles. The third kappa shape index (κ3) is 2.96. The third-order valence-electron chi connectivity index (χ3n) is 4.72. The highest BCUT2D eigenvalue weighted by atomic mass is 32.1. The van der Waals surface area contributed by atoms with E-state index in [0.29, 0.717) is 34.7 Å². The van der Waals surface area contributed by atoms with E-state index in [0.717, 1.165) is 22.2 Å². The smallest absolute Gasteiger partial charge is 0.200 e. The molecule has 0 aliphatic heterocycles. The lowest BCUT2D eigenvalue weighted by Gasteiger charge is -2.13. The van der Waals surface area contributed by atoms with Gasteiger partial charge in [0.15, 0.2) is 10.6 Å². The first-order valence-electron chi connectivity index (χ1n) is 8.98. The summed E-state index contributed by atoms with van der Waals surface area (Å²) in [6, 6.07) is 15.6. The normalized spacial score (nSPS) is 11.2. The molecule has 1 N–H and O–H groups in total. The molecule has 0 unspecified atom stereocenters. The van der Waals surface area contributed by atoms with E-state index >= 15 is 0 Å². The van der Waals surface area contributed by atoms with Gasteiger partial charge in [-0.25, -0.2) is 4.39 Å². The number of fused-ring (bicyclic) bond motifs is 1. The molecule has 6 heteroatoms. The zero-order valence-electron chi connectivity index (χ0n) is 15.2. The number of hydrogen-bond acceptors (Lipinski definition) is 3. The van der Waals surface area contributed by atoms with Crippen LogP contribution in [0.3, 0.4) is 0 Å². The lowest BCUT2D eigenvalue weighted by Crippen LogP contribution is -2.05. The van der Waals surface area contributed by atoms with Gasteiger partial charge in [0.05, 0.1) is 17.1 Å². The number of aromatic amines is 1. The van der Waals surface area contributed by atoms with Crippen molar-refractivity contribution in [1.29, 1.82) is 0 Å². The fourth-order valence-electron chi connectivity index (χ4n) is 3.39. The Morgan fingerprint density at radius 2 is 1.78 bits per heavy atom. The maximum absolute atomic E-state index is 14.5. The van der Waals surface area contributed by atoms with Crippen molar-refractivity contribution < 1.29 is 4.39 Å². The van der Waals surface area contributed by atoms with Crippen LogP contribution < -0.4 is 0 Å². The Balaban J connectivity index is 2.02. The molecule has 0 fully saturated rings. The number of hydrogen-bond donors (Lipinski definition) is 1. The maximum atomic E-state index is 14.5. The molecule has 4 aromatic rings. The average molecular weight is 378 g/mol. The van der Waals surface area contributed by atoms with Crippen LogP contribution in [0.1, 0.15) is 25.2 Å². The Labute approximate surface area is 161 Å². The summed E-state index contributed by atoms with van der Waals surface area (Å²) in [5, 5.41) is 9.43. The van der Waals surface area contributed by atoms with E-state index in [2.05, 4.69) is 27.3 Å². The lowest BCUT2D eigenvalue weighted by molar-refractivity contribution is 0.599. The Kier molecular flexibility index (Phi) is 4.58. The molecule has 2 aromatic carbocycles. The van der Waals surface area contributed by atoms with Crippen LogP contribution in [0.4, 0.5) is 4.39 Å². The SMILES string of the molecule is CCc1nc(CC)c(-c2n[nH]c(=S)n2-c2cccc3ccccc23)cc1F. The van der Waals surface area contributed by atoms with E-state index in [1.165, 1.54) is 6.07 Å². The molecule has 0 bridgehead atoms. The molecule has 0 atom stereocenters. The van der Waals surface area contributed by atoms with Crippen molar-refractivity contribution in [2.45, 2.75) is 26.7 Å². The van der Waals surface area contributed by atoms with Crippen LogP contribution in [0.5, 0.6) is 0 Å².